The molecule has 5 nitrogen and oxygen atoms in total. The molecular formula is C21H30N2O3. The van der Waals surface area contributed by atoms with Crippen molar-refractivity contribution in [3.63, 3.8) is 0 Å². The molecule has 0 saturated carbocycles. The van der Waals surface area contributed by atoms with Crippen LogP contribution in [0.5, 0.6) is 0 Å². The highest BCUT2D eigenvalue weighted by Crippen LogP contribution is 2.28. The summed E-state index contributed by atoms with van der Waals surface area (Å²) in [5, 5.41) is 0. The van der Waals surface area contributed by atoms with Crippen LogP contribution in [0.15, 0.2) is 30.3 Å². The van der Waals surface area contributed by atoms with Gasteiger partial charge in [0.25, 0.3) is 0 Å². The number of carbonyl (C=O) groups excluding carboxylic acids is 2. The molecular weight excluding hydrogens is 328 g/mol. The summed E-state index contributed by atoms with van der Waals surface area (Å²) in [5.74, 6) is 0.772. The van der Waals surface area contributed by atoms with E-state index in [2.05, 4.69) is 13.8 Å². The molecule has 2 amide bonds. The lowest BCUT2D eigenvalue weighted by Crippen LogP contribution is -2.53. The zero-order chi connectivity index (χ0) is 18.5. The Morgan fingerprint density at radius 3 is 2.50 bits per heavy atom. The molecule has 2 atom stereocenters. The van der Waals surface area contributed by atoms with Crippen LogP contribution < -0.4 is 0 Å². The normalized spacial score (nSPS) is 22.1. The molecule has 2 aliphatic rings. The van der Waals surface area contributed by atoms with Gasteiger partial charge in [-0.2, -0.15) is 0 Å². The molecule has 3 rings (SSSR count). The zero-order valence-corrected chi connectivity index (χ0v) is 15.9. The highest BCUT2D eigenvalue weighted by atomic mass is 16.5. The first-order valence-electron chi connectivity index (χ1n) is 9.77. The minimum Gasteiger partial charge on any atom is -0.378 e. The minimum atomic E-state index is -0.403. The summed E-state index contributed by atoms with van der Waals surface area (Å²) in [7, 11) is 0. The Kier molecular flexibility index (Phi) is 6.30. The predicted molar refractivity (Wildman–Crippen MR) is 101 cm³/mol. The lowest BCUT2D eigenvalue weighted by atomic mass is 9.96. The monoisotopic (exact) mass is 358 g/mol. The fourth-order valence-electron chi connectivity index (χ4n) is 4.02. The predicted octanol–water partition coefficient (Wildman–Crippen LogP) is 2.35. The fraction of sp³-hybridized carbons (Fsp3) is 0.619. The number of nitrogens with zero attached hydrogens (tertiary/aromatic N) is 2. The van der Waals surface area contributed by atoms with E-state index in [0.717, 1.165) is 18.4 Å². The number of hydrogen-bond acceptors (Lipinski definition) is 3. The number of morpholine rings is 1. The highest BCUT2D eigenvalue weighted by Gasteiger charge is 2.40. The van der Waals surface area contributed by atoms with Gasteiger partial charge in [0, 0.05) is 32.0 Å². The lowest BCUT2D eigenvalue weighted by molar-refractivity contribution is -0.147. The van der Waals surface area contributed by atoms with Crippen LogP contribution in [0.25, 0.3) is 0 Å². The molecule has 0 radical (unpaired) electrons. The number of carbonyl (C=O) groups is 2. The first kappa shape index (κ1) is 18.9. The molecule has 0 N–H and O–H groups in total. The third kappa shape index (κ3) is 4.44. The molecule has 26 heavy (non-hydrogen) atoms. The van der Waals surface area contributed by atoms with Gasteiger partial charge < -0.3 is 14.5 Å². The summed E-state index contributed by atoms with van der Waals surface area (Å²) in [6, 6.07) is 9.61. The largest absolute Gasteiger partial charge is 0.378 e. The number of ether oxygens (including phenoxy) is 1. The molecule has 2 unspecified atom stereocenters. The molecule has 2 aliphatic heterocycles. The molecule has 142 valence electrons. The standard InChI is InChI=1S/C21H30N2O3/c1-16(2)14-18-8-9-23(20(18)24)19(15-17-6-4-3-5-7-17)21(25)22-10-12-26-13-11-22/h3-7,16,18-19H,8-15H2,1-2H3. The second kappa shape index (κ2) is 8.67. The van der Waals surface area contributed by atoms with Crippen molar-refractivity contribution in [1.29, 1.82) is 0 Å². The second-order valence-electron chi connectivity index (χ2n) is 7.79. The molecule has 0 aliphatic carbocycles. The van der Waals surface area contributed by atoms with Crippen molar-refractivity contribution < 1.29 is 14.3 Å². The molecule has 0 spiro atoms. The van der Waals surface area contributed by atoms with Crippen molar-refractivity contribution in [1.82, 2.24) is 9.80 Å². The first-order valence-corrected chi connectivity index (χ1v) is 9.77. The first-order chi connectivity index (χ1) is 12.6. The third-order valence-corrected chi connectivity index (χ3v) is 5.36. The van der Waals surface area contributed by atoms with Crippen LogP contribution in [0, 0.1) is 11.8 Å². The van der Waals surface area contributed by atoms with Gasteiger partial charge in [-0.25, -0.2) is 0 Å². The van der Waals surface area contributed by atoms with Gasteiger partial charge in [0.2, 0.25) is 11.8 Å². The summed E-state index contributed by atoms with van der Waals surface area (Å²) in [6.07, 6.45) is 2.34. The zero-order valence-electron chi connectivity index (χ0n) is 15.9. The number of rotatable bonds is 6. The molecule has 2 saturated heterocycles. The van der Waals surface area contributed by atoms with E-state index < -0.39 is 6.04 Å². The van der Waals surface area contributed by atoms with Gasteiger partial charge in [-0.05, 0) is 24.3 Å². The Hall–Kier alpha value is -1.88. The topological polar surface area (TPSA) is 49.9 Å². The van der Waals surface area contributed by atoms with Crippen molar-refractivity contribution in [2.45, 2.75) is 39.2 Å². The Bertz CT molecular complexity index is 611. The van der Waals surface area contributed by atoms with E-state index in [4.69, 9.17) is 4.74 Å². The Balaban J connectivity index is 1.78. The molecule has 0 bridgehead atoms. The van der Waals surface area contributed by atoms with E-state index >= 15 is 0 Å². The number of likely N-dealkylation sites (tertiary alicyclic amines) is 1. The van der Waals surface area contributed by atoms with Crippen LogP contribution in [0.3, 0.4) is 0 Å². The SMILES string of the molecule is CC(C)CC1CCN(C(Cc2ccccc2)C(=O)N2CCOCC2)C1=O. The summed E-state index contributed by atoms with van der Waals surface area (Å²) in [4.78, 5) is 29.9. The fourth-order valence-corrected chi connectivity index (χ4v) is 4.02. The van der Waals surface area contributed by atoms with Gasteiger partial charge in [-0.3, -0.25) is 9.59 Å². The van der Waals surface area contributed by atoms with E-state index in [1.54, 1.807) is 0 Å². The second-order valence-corrected chi connectivity index (χ2v) is 7.79. The number of benzene rings is 1. The van der Waals surface area contributed by atoms with Gasteiger partial charge >= 0.3 is 0 Å². The van der Waals surface area contributed by atoms with Crippen molar-refractivity contribution in [3.05, 3.63) is 35.9 Å². The summed E-state index contributed by atoms with van der Waals surface area (Å²) < 4.78 is 5.38. The smallest absolute Gasteiger partial charge is 0.245 e. The molecule has 2 fully saturated rings. The van der Waals surface area contributed by atoms with E-state index in [-0.39, 0.29) is 17.7 Å². The van der Waals surface area contributed by atoms with Gasteiger partial charge in [0.1, 0.15) is 6.04 Å². The Labute approximate surface area is 156 Å². The van der Waals surface area contributed by atoms with Crippen LogP contribution in [0.4, 0.5) is 0 Å². The lowest BCUT2D eigenvalue weighted by Gasteiger charge is -2.34. The number of hydrogen-bond donors (Lipinski definition) is 0. The van der Waals surface area contributed by atoms with Crippen LogP contribution >= 0.6 is 0 Å². The molecule has 0 aromatic heterocycles. The number of amides is 2. The minimum absolute atomic E-state index is 0.0609. The van der Waals surface area contributed by atoms with E-state index in [1.807, 2.05) is 40.1 Å². The maximum Gasteiger partial charge on any atom is 0.245 e. The Morgan fingerprint density at radius 2 is 1.85 bits per heavy atom. The average molecular weight is 358 g/mol. The average Bonchev–Trinajstić information content (AvgIpc) is 3.00. The third-order valence-electron chi connectivity index (χ3n) is 5.36. The van der Waals surface area contributed by atoms with Crippen LogP contribution in [0.1, 0.15) is 32.3 Å². The van der Waals surface area contributed by atoms with Crippen LogP contribution in [0.2, 0.25) is 0 Å². The van der Waals surface area contributed by atoms with E-state index in [0.29, 0.717) is 45.2 Å². The van der Waals surface area contributed by atoms with E-state index in [1.165, 1.54) is 0 Å². The van der Waals surface area contributed by atoms with Crippen LogP contribution in [-0.4, -0.2) is 60.5 Å². The van der Waals surface area contributed by atoms with Crippen LogP contribution in [-0.2, 0) is 20.7 Å². The summed E-state index contributed by atoms with van der Waals surface area (Å²) in [6.45, 7) is 7.36. The van der Waals surface area contributed by atoms with Crippen molar-refractivity contribution >= 4 is 11.8 Å². The maximum atomic E-state index is 13.2. The van der Waals surface area contributed by atoms with Crippen molar-refractivity contribution in [3.8, 4) is 0 Å². The molecule has 2 heterocycles. The molecule has 1 aromatic rings. The highest BCUT2D eigenvalue weighted by molar-refractivity contribution is 5.90. The molecule has 1 aromatic carbocycles. The maximum absolute atomic E-state index is 13.2. The quantitative estimate of drug-likeness (QED) is 0.784. The van der Waals surface area contributed by atoms with Crippen molar-refractivity contribution in [2.75, 3.05) is 32.8 Å². The van der Waals surface area contributed by atoms with Gasteiger partial charge in [0.05, 0.1) is 13.2 Å². The summed E-state index contributed by atoms with van der Waals surface area (Å²) in [5.41, 5.74) is 1.10. The van der Waals surface area contributed by atoms with Gasteiger partial charge in [-0.1, -0.05) is 44.2 Å². The van der Waals surface area contributed by atoms with Crippen molar-refractivity contribution in [2.24, 2.45) is 11.8 Å². The van der Waals surface area contributed by atoms with Gasteiger partial charge in [0.15, 0.2) is 0 Å². The van der Waals surface area contributed by atoms with E-state index in [9.17, 15) is 9.59 Å². The van der Waals surface area contributed by atoms with Gasteiger partial charge in [-0.15, -0.1) is 0 Å². The molecule has 5 heteroatoms. The summed E-state index contributed by atoms with van der Waals surface area (Å²) >= 11 is 0. The Morgan fingerprint density at radius 1 is 1.15 bits per heavy atom.